The zero-order valence-electron chi connectivity index (χ0n) is 20.4. The lowest BCUT2D eigenvalue weighted by Gasteiger charge is -2.22. The van der Waals surface area contributed by atoms with E-state index in [0.29, 0.717) is 5.82 Å². The SMILES string of the molecule is COc1cccc(-c2nnc(NSC(C)C(OC)c3ncc(C)cn3)n2-c2ccccc2C(F)(F)F)n1. The molecular weight excluding hydrogens is 507 g/mol. The summed E-state index contributed by atoms with van der Waals surface area (Å²) in [7, 11) is 2.99. The molecule has 3 aromatic heterocycles. The van der Waals surface area contributed by atoms with Gasteiger partial charge in [0.2, 0.25) is 11.8 Å². The van der Waals surface area contributed by atoms with Crippen LogP contribution in [0.4, 0.5) is 19.1 Å². The zero-order valence-corrected chi connectivity index (χ0v) is 21.2. The third kappa shape index (κ3) is 5.83. The Bertz CT molecular complexity index is 1350. The average Bonchev–Trinajstić information content (AvgIpc) is 3.32. The molecule has 37 heavy (non-hydrogen) atoms. The van der Waals surface area contributed by atoms with Gasteiger partial charge in [0.25, 0.3) is 0 Å². The molecule has 2 unspecified atom stereocenters. The molecule has 4 aromatic rings. The van der Waals surface area contributed by atoms with Crippen molar-refractivity contribution in [3.05, 3.63) is 71.8 Å². The van der Waals surface area contributed by atoms with Crippen molar-refractivity contribution in [2.24, 2.45) is 0 Å². The molecule has 1 aromatic carbocycles. The number of benzene rings is 1. The second-order valence-electron chi connectivity index (χ2n) is 7.96. The highest BCUT2D eigenvalue weighted by Gasteiger charge is 2.35. The minimum atomic E-state index is -4.61. The van der Waals surface area contributed by atoms with Crippen molar-refractivity contribution < 1.29 is 22.6 Å². The maximum absolute atomic E-state index is 14.0. The van der Waals surface area contributed by atoms with Crippen LogP contribution in [0.15, 0.2) is 54.9 Å². The number of anilines is 1. The Hall–Kier alpha value is -3.71. The summed E-state index contributed by atoms with van der Waals surface area (Å²) < 4.78 is 57.0. The van der Waals surface area contributed by atoms with Crippen LogP contribution in [-0.2, 0) is 10.9 Å². The van der Waals surface area contributed by atoms with Crippen LogP contribution in [0.25, 0.3) is 17.2 Å². The number of hydrogen-bond donors (Lipinski definition) is 1. The van der Waals surface area contributed by atoms with E-state index >= 15 is 0 Å². The second-order valence-corrected chi connectivity index (χ2v) is 9.15. The number of nitrogens with zero attached hydrogens (tertiary/aromatic N) is 6. The molecule has 0 spiro atoms. The molecule has 1 N–H and O–H groups in total. The highest BCUT2D eigenvalue weighted by molar-refractivity contribution is 8.01. The smallest absolute Gasteiger partial charge is 0.418 e. The highest BCUT2D eigenvalue weighted by atomic mass is 32.2. The summed E-state index contributed by atoms with van der Waals surface area (Å²) in [4.78, 5) is 13.0. The van der Waals surface area contributed by atoms with Gasteiger partial charge in [-0.25, -0.2) is 15.0 Å². The number of hydrogen-bond acceptors (Lipinski definition) is 9. The first kappa shape index (κ1) is 26.4. The Morgan fingerprint density at radius 2 is 1.73 bits per heavy atom. The Labute approximate surface area is 215 Å². The molecule has 194 valence electrons. The Balaban J connectivity index is 1.73. The molecule has 0 bridgehead atoms. The molecule has 0 aliphatic carbocycles. The van der Waals surface area contributed by atoms with E-state index in [0.717, 1.165) is 11.6 Å². The topological polar surface area (TPSA) is 99.9 Å². The van der Waals surface area contributed by atoms with E-state index in [2.05, 4.69) is 29.9 Å². The minimum absolute atomic E-state index is 0.0767. The van der Waals surface area contributed by atoms with Crippen molar-refractivity contribution in [2.45, 2.75) is 31.4 Å². The Kier molecular flexibility index (Phi) is 7.93. The number of halogens is 3. The van der Waals surface area contributed by atoms with Gasteiger partial charge in [0, 0.05) is 25.6 Å². The number of rotatable bonds is 9. The molecule has 0 saturated carbocycles. The quantitative estimate of drug-likeness (QED) is 0.289. The van der Waals surface area contributed by atoms with Crippen molar-refractivity contribution in [3.8, 4) is 23.1 Å². The van der Waals surface area contributed by atoms with Gasteiger partial charge in [0.1, 0.15) is 11.8 Å². The highest BCUT2D eigenvalue weighted by Crippen LogP contribution is 2.37. The number of aromatic nitrogens is 6. The summed E-state index contributed by atoms with van der Waals surface area (Å²) in [6.07, 6.45) is -1.72. The molecule has 0 fully saturated rings. The summed E-state index contributed by atoms with van der Waals surface area (Å²) in [6, 6.07) is 10.1. The molecule has 0 saturated heterocycles. The van der Waals surface area contributed by atoms with E-state index in [1.807, 2.05) is 13.8 Å². The number of nitrogens with one attached hydrogen (secondary N) is 1. The van der Waals surface area contributed by atoms with Crippen LogP contribution in [0, 0.1) is 6.92 Å². The zero-order chi connectivity index (χ0) is 26.6. The largest absolute Gasteiger partial charge is 0.481 e. The van der Waals surface area contributed by atoms with E-state index in [9.17, 15) is 13.2 Å². The van der Waals surface area contributed by atoms with Gasteiger partial charge in [-0.1, -0.05) is 18.2 Å². The Morgan fingerprint density at radius 3 is 2.41 bits per heavy atom. The van der Waals surface area contributed by atoms with Crippen molar-refractivity contribution >= 4 is 17.9 Å². The molecule has 0 radical (unpaired) electrons. The second kappa shape index (κ2) is 11.1. The minimum Gasteiger partial charge on any atom is -0.481 e. The number of methoxy groups -OCH3 is 2. The fourth-order valence-electron chi connectivity index (χ4n) is 3.57. The molecule has 4 rings (SSSR count). The first-order valence-electron chi connectivity index (χ1n) is 11.1. The van der Waals surface area contributed by atoms with Gasteiger partial charge >= 0.3 is 6.18 Å². The van der Waals surface area contributed by atoms with E-state index < -0.39 is 17.8 Å². The third-order valence-electron chi connectivity index (χ3n) is 5.35. The van der Waals surface area contributed by atoms with Gasteiger partial charge in [0.05, 0.1) is 23.6 Å². The van der Waals surface area contributed by atoms with Crippen LogP contribution in [0.2, 0.25) is 0 Å². The summed E-state index contributed by atoms with van der Waals surface area (Å²) in [5.74, 6) is 0.958. The van der Waals surface area contributed by atoms with Crippen molar-refractivity contribution in [1.29, 1.82) is 0 Å². The van der Waals surface area contributed by atoms with Crippen molar-refractivity contribution in [2.75, 3.05) is 18.9 Å². The number of ether oxygens (including phenoxy) is 2. The van der Waals surface area contributed by atoms with E-state index in [1.54, 1.807) is 37.7 Å². The molecule has 2 atom stereocenters. The summed E-state index contributed by atoms with van der Waals surface area (Å²) >= 11 is 1.19. The summed E-state index contributed by atoms with van der Waals surface area (Å²) in [5, 5.41) is 8.06. The van der Waals surface area contributed by atoms with Crippen LogP contribution in [0.3, 0.4) is 0 Å². The number of pyridine rings is 1. The maximum atomic E-state index is 14.0. The lowest BCUT2D eigenvalue weighted by atomic mass is 10.1. The van der Waals surface area contributed by atoms with Crippen LogP contribution < -0.4 is 9.46 Å². The van der Waals surface area contributed by atoms with E-state index in [4.69, 9.17) is 9.47 Å². The molecule has 0 aliphatic heterocycles. The number of para-hydroxylation sites is 1. The molecule has 0 aliphatic rings. The molecule has 3 heterocycles. The lowest BCUT2D eigenvalue weighted by Crippen LogP contribution is -2.19. The van der Waals surface area contributed by atoms with Gasteiger partial charge in [-0.15, -0.1) is 10.2 Å². The maximum Gasteiger partial charge on any atom is 0.418 e. The van der Waals surface area contributed by atoms with Crippen molar-refractivity contribution in [3.63, 3.8) is 0 Å². The normalized spacial score (nSPS) is 13.3. The number of alkyl halides is 3. The Morgan fingerprint density at radius 1 is 1.00 bits per heavy atom. The van der Waals surface area contributed by atoms with E-state index in [-0.39, 0.29) is 34.3 Å². The average molecular weight is 532 g/mol. The van der Waals surface area contributed by atoms with Gasteiger partial charge in [-0.3, -0.25) is 9.29 Å². The first-order valence-corrected chi connectivity index (χ1v) is 12.0. The van der Waals surface area contributed by atoms with Gasteiger partial charge in [0.15, 0.2) is 11.6 Å². The number of aryl methyl sites for hydroxylation is 1. The van der Waals surface area contributed by atoms with Gasteiger partial charge < -0.3 is 9.47 Å². The molecule has 13 heteroatoms. The fourth-order valence-corrected chi connectivity index (χ4v) is 4.35. The van der Waals surface area contributed by atoms with Crippen LogP contribution in [-0.4, -0.2) is 49.2 Å². The van der Waals surface area contributed by atoms with Crippen LogP contribution in [0.5, 0.6) is 5.88 Å². The van der Waals surface area contributed by atoms with Crippen LogP contribution in [0.1, 0.15) is 30.0 Å². The van der Waals surface area contributed by atoms with E-state index in [1.165, 1.54) is 41.8 Å². The molecule has 0 amide bonds. The monoisotopic (exact) mass is 531 g/mol. The van der Waals surface area contributed by atoms with Crippen LogP contribution >= 0.6 is 11.9 Å². The predicted molar refractivity (Wildman–Crippen MR) is 133 cm³/mol. The summed E-state index contributed by atoms with van der Waals surface area (Å²) in [5.41, 5.74) is 0.202. The third-order valence-corrected chi connectivity index (χ3v) is 6.27. The first-order chi connectivity index (χ1) is 17.7. The van der Waals surface area contributed by atoms with Crippen molar-refractivity contribution in [1.82, 2.24) is 29.7 Å². The summed E-state index contributed by atoms with van der Waals surface area (Å²) in [6.45, 7) is 3.76. The fraction of sp³-hybridized carbons (Fsp3) is 0.292. The van der Waals surface area contributed by atoms with Gasteiger partial charge in [-0.2, -0.15) is 13.2 Å². The predicted octanol–water partition coefficient (Wildman–Crippen LogP) is 5.29. The molecular formula is C24H24F3N7O2S. The lowest BCUT2D eigenvalue weighted by molar-refractivity contribution is -0.137. The molecule has 9 nitrogen and oxygen atoms in total. The van der Waals surface area contributed by atoms with Gasteiger partial charge in [-0.05, 0) is 49.6 Å². The standard InChI is InChI=1S/C24H24F3N7O2S/c1-14-12-28-21(29-13-14)20(36-4)15(2)37-33-23-32-31-22(17-9-7-11-19(30-17)35-3)34(23)18-10-6-5-8-16(18)24(25,26)27/h5-13,15,20H,1-4H3,(H,32,33).